The summed E-state index contributed by atoms with van der Waals surface area (Å²) in [7, 11) is 0. The summed E-state index contributed by atoms with van der Waals surface area (Å²) in [5, 5.41) is 0. The van der Waals surface area contributed by atoms with Crippen molar-refractivity contribution in [1.29, 1.82) is 0 Å². The van der Waals surface area contributed by atoms with E-state index in [9.17, 15) is 4.79 Å². The highest BCUT2D eigenvalue weighted by Crippen LogP contribution is 2.32. The number of carbonyl (C=O) groups excluding carboxylic acids is 1. The largest absolute Gasteiger partial charge is 0.450 e. The zero-order valence-electron chi connectivity index (χ0n) is 13.0. The van der Waals surface area contributed by atoms with E-state index < -0.39 is 0 Å². The van der Waals surface area contributed by atoms with E-state index in [-0.39, 0.29) is 6.09 Å². The van der Waals surface area contributed by atoms with Crippen LogP contribution in [-0.4, -0.2) is 54.7 Å². The standard InChI is InChI=1S/C17H26N2O2/c1-4-7-14(5-2)12-18-10-9-16-15(13-18)8-11-19(16)17(20)21-6-3/h4-5,7,15-16H,1-2,6,8-13H2,3H3/b14-7+. The Hall–Kier alpha value is -1.55. The van der Waals surface area contributed by atoms with Gasteiger partial charge in [0.25, 0.3) is 0 Å². The number of allylic oxidation sites excluding steroid dienone is 2. The van der Waals surface area contributed by atoms with Crippen LogP contribution in [0.1, 0.15) is 19.8 Å². The van der Waals surface area contributed by atoms with Crippen molar-refractivity contribution in [3.63, 3.8) is 0 Å². The van der Waals surface area contributed by atoms with Crippen LogP contribution < -0.4 is 0 Å². The predicted molar refractivity (Wildman–Crippen MR) is 85.2 cm³/mol. The summed E-state index contributed by atoms with van der Waals surface area (Å²) in [5.74, 6) is 0.568. The van der Waals surface area contributed by atoms with E-state index in [4.69, 9.17) is 4.74 Å². The second-order valence-electron chi connectivity index (χ2n) is 5.71. The van der Waals surface area contributed by atoms with Crippen molar-refractivity contribution < 1.29 is 9.53 Å². The van der Waals surface area contributed by atoms with Crippen LogP contribution in [0.2, 0.25) is 0 Å². The van der Waals surface area contributed by atoms with Gasteiger partial charge < -0.3 is 9.64 Å². The lowest BCUT2D eigenvalue weighted by molar-refractivity contribution is 0.0782. The second-order valence-corrected chi connectivity index (χ2v) is 5.71. The summed E-state index contributed by atoms with van der Waals surface area (Å²) in [6.45, 7) is 13.7. The molecule has 2 fully saturated rings. The van der Waals surface area contributed by atoms with E-state index in [0.717, 1.165) is 39.0 Å². The fourth-order valence-electron chi connectivity index (χ4n) is 3.43. The molecule has 0 spiro atoms. The number of hydrogen-bond donors (Lipinski definition) is 0. The maximum Gasteiger partial charge on any atom is 0.410 e. The molecule has 0 aliphatic carbocycles. The third-order valence-electron chi connectivity index (χ3n) is 4.42. The normalized spacial score (nSPS) is 26.3. The van der Waals surface area contributed by atoms with Crippen molar-refractivity contribution >= 4 is 6.09 Å². The molecule has 0 saturated carbocycles. The van der Waals surface area contributed by atoms with Gasteiger partial charge in [0.1, 0.15) is 0 Å². The average molecular weight is 290 g/mol. The Morgan fingerprint density at radius 3 is 2.81 bits per heavy atom. The summed E-state index contributed by atoms with van der Waals surface area (Å²) in [6, 6.07) is 0.357. The topological polar surface area (TPSA) is 32.8 Å². The molecule has 2 rings (SSSR count). The van der Waals surface area contributed by atoms with Crippen LogP contribution in [0.3, 0.4) is 0 Å². The van der Waals surface area contributed by atoms with Crippen molar-refractivity contribution in [3.8, 4) is 0 Å². The van der Waals surface area contributed by atoms with Crippen molar-refractivity contribution in [2.45, 2.75) is 25.8 Å². The van der Waals surface area contributed by atoms with Crippen LogP contribution >= 0.6 is 0 Å². The van der Waals surface area contributed by atoms with Crippen LogP contribution in [0.5, 0.6) is 0 Å². The summed E-state index contributed by atoms with van der Waals surface area (Å²) in [6.07, 6.45) is 7.68. The monoisotopic (exact) mass is 290 g/mol. The smallest absolute Gasteiger partial charge is 0.410 e. The number of carbonyl (C=O) groups is 1. The Morgan fingerprint density at radius 2 is 2.14 bits per heavy atom. The molecule has 0 aromatic rings. The first kappa shape index (κ1) is 15.8. The highest BCUT2D eigenvalue weighted by atomic mass is 16.6. The first-order chi connectivity index (χ1) is 10.2. The molecule has 0 bridgehead atoms. The van der Waals surface area contributed by atoms with Crippen LogP contribution in [0.4, 0.5) is 4.79 Å². The minimum Gasteiger partial charge on any atom is -0.450 e. The van der Waals surface area contributed by atoms with Gasteiger partial charge in [0.2, 0.25) is 0 Å². The molecule has 2 saturated heterocycles. The Labute approximate surface area is 127 Å². The van der Waals surface area contributed by atoms with Crippen molar-refractivity contribution in [2.75, 3.05) is 32.8 Å². The van der Waals surface area contributed by atoms with Crippen LogP contribution in [0.15, 0.2) is 37.0 Å². The molecule has 2 atom stereocenters. The summed E-state index contributed by atoms with van der Waals surface area (Å²) < 4.78 is 5.16. The van der Waals surface area contributed by atoms with E-state index in [1.165, 1.54) is 5.57 Å². The zero-order valence-corrected chi connectivity index (χ0v) is 13.0. The minimum atomic E-state index is -0.142. The van der Waals surface area contributed by atoms with Gasteiger partial charge in [-0.05, 0) is 31.3 Å². The Morgan fingerprint density at radius 1 is 1.33 bits per heavy atom. The van der Waals surface area contributed by atoms with Gasteiger partial charge in [-0.25, -0.2) is 4.79 Å². The maximum absolute atomic E-state index is 11.9. The van der Waals surface area contributed by atoms with E-state index >= 15 is 0 Å². The lowest BCUT2D eigenvalue weighted by atomic mass is 9.92. The number of nitrogens with zero attached hydrogens (tertiary/aromatic N) is 2. The molecule has 21 heavy (non-hydrogen) atoms. The Balaban J connectivity index is 1.91. The van der Waals surface area contributed by atoms with Crippen molar-refractivity contribution in [3.05, 3.63) is 37.0 Å². The van der Waals surface area contributed by atoms with Gasteiger partial charge in [0.05, 0.1) is 6.61 Å². The van der Waals surface area contributed by atoms with E-state index in [1.807, 2.05) is 30.1 Å². The first-order valence-corrected chi connectivity index (χ1v) is 7.79. The zero-order chi connectivity index (χ0) is 15.2. The lowest BCUT2D eigenvalue weighted by Gasteiger charge is -2.37. The van der Waals surface area contributed by atoms with Gasteiger partial charge >= 0.3 is 6.09 Å². The van der Waals surface area contributed by atoms with Gasteiger partial charge in [-0.2, -0.15) is 0 Å². The molecule has 2 unspecified atom stereocenters. The third-order valence-corrected chi connectivity index (χ3v) is 4.42. The number of hydrogen-bond acceptors (Lipinski definition) is 3. The number of likely N-dealkylation sites (tertiary alicyclic amines) is 2. The number of piperidine rings is 1. The van der Waals surface area contributed by atoms with E-state index in [1.54, 1.807) is 0 Å². The molecule has 2 aliphatic rings. The van der Waals surface area contributed by atoms with Crippen molar-refractivity contribution in [2.24, 2.45) is 5.92 Å². The lowest BCUT2D eigenvalue weighted by Crippen LogP contribution is -2.48. The molecule has 0 aromatic carbocycles. The quantitative estimate of drug-likeness (QED) is 0.730. The highest BCUT2D eigenvalue weighted by Gasteiger charge is 2.40. The molecule has 1 amide bonds. The second kappa shape index (κ2) is 7.46. The molecule has 2 heterocycles. The van der Waals surface area contributed by atoms with Crippen LogP contribution in [0.25, 0.3) is 0 Å². The van der Waals surface area contributed by atoms with E-state index in [0.29, 0.717) is 18.6 Å². The Bertz CT molecular complexity index is 431. The maximum atomic E-state index is 11.9. The average Bonchev–Trinajstić information content (AvgIpc) is 2.90. The minimum absolute atomic E-state index is 0.142. The molecule has 2 aliphatic heterocycles. The van der Waals surface area contributed by atoms with Crippen molar-refractivity contribution in [1.82, 2.24) is 9.80 Å². The molecule has 4 heteroatoms. The van der Waals surface area contributed by atoms with Gasteiger partial charge in [-0.15, -0.1) is 0 Å². The molecular weight excluding hydrogens is 264 g/mol. The molecule has 0 aromatic heterocycles. The predicted octanol–water partition coefficient (Wildman–Crippen LogP) is 2.84. The Kier molecular flexibility index (Phi) is 5.62. The number of amides is 1. The van der Waals surface area contributed by atoms with E-state index in [2.05, 4.69) is 18.1 Å². The van der Waals surface area contributed by atoms with Gasteiger partial charge in [-0.1, -0.05) is 31.4 Å². The fourth-order valence-corrected chi connectivity index (χ4v) is 3.43. The third kappa shape index (κ3) is 3.76. The fraction of sp³-hybridized carbons (Fsp3) is 0.588. The van der Waals surface area contributed by atoms with Gasteiger partial charge in [-0.3, -0.25) is 4.90 Å². The van der Waals surface area contributed by atoms with Gasteiger partial charge in [0, 0.05) is 32.2 Å². The molecule has 4 nitrogen and oxygen atoms in total. The molecule has 0 N–H and O–H groups in total. The van der Waals surface area contributed by atoms with Gasteiger partial charge in [0.15, 0.2) is 0 Å². The number of rotatable bonds is 5. The summed E-state index contributed by atoms with van der Waals surface area (Å²) in [5.41, 5.74) is 1.20. The number of fused-ring (bicyclic) bond motifs is 1. The highest BCUT2D eigenvalue weighted by molar-refractivity contribution is 5.68. The molecule has 0 radical (unpaired) electrons. The molecule has 116 valence electrons. The summed E-state index contributed by atoms with van der Waals surface area (Å²) in [4.78, 5) is 16.3. The summed E-state index contributed by atoms with van der Waals surface area (Å²) >= 11 is 0. The molecular formula is C17H26N2O2. The SMILES string of the molecule is C=C/C=C(\C=C)CN1CCC2C(CCN2C(=O)OCC)C1. The first-order valence-electron chi connectivity index (χ1n) is 7.79. The van der Waals surface area contributed by atoms with Crippen LogP contribution in [0, 0.1) is 5.92 Å². The van der Waals surface area contributed by atoms with Crippen LogP contribution in [-0.2, 0) is 4.74 Å². The number of ether oxygens (including phenoxy) is 1.